The zero-order valence-electron chi connectivity index (χ0n) is 21.7. The van der Waals surface area contributed by atoms with Gasteiger partial charge in [0, 0.05) is 42.5 Å². The second kappa shape index (κ2) is 13.0. The summed E-state index contributed by atoms with van der Waals surface area (Å²) in [7, 11) is 3.93. The SMILES string of the molecule is CN(C)c1ccc(C(=O)NC(CCCCNC(=O)CSc2ccc(N)cc2)c2nc3ccccc3[nH]2)cc1. The summed E-state index contributed by atoms with van der Waals surface area (Å²) in [4.78, 5) is 36.4. The lowest BCUT2D eigenvalue weighted by Gasteiger charge is -2.18. The summed E-state index contributed by atoms with van der Waals surface area (Å²) in [6.07, 6.45) is 2.30. The number of nitrogens with two attached hydrogens (primary N) is 1. The molecule has 0 spiro atoms. The van der Waals surface area contributed by atoms with Gasteiger partial charge in [0.2, 0.25) is 5.91 Å². The Morgan fingerprint density at radius 1 is 1.00 bits per heavy atom. The summed E-state index contributed by atoms with van der Waals surface area (Å²) >= 11 is 1.48. The molecule has 0 fully saturated rings. The highest BCUT2D eigenvalue weighted by molar-refractivity contribution is 8.00. The predicted molar refractivity (Wildman–Crippen MR) is 156 cm³/mol. The van der Waals surface area contributed by atoms with Crippen LogP contribution >= 0.6 is 11.8 Å². The Labute approximate surface area is 227 Å². The summed E-state index contributed by atoms with van der Waals surface area (Å²) in [5.41, 5.74) is 9.84. The fourth-order valence-electron chi connectivity index (χ4n) is 4.03. The number of para-hydroxylation sites is 2. The molecule has 38 heavy (non-hydrogen) atoms. The van der Waals surface area contributed by atoms with E-state index in [-0.39, 0.29) is 17.9 Å². The van der Waals surface area contributed by atoms with Crippen molar-refractivity contribution in [3.63, 3.8) is 0 Å². The average Bonchev–Trinajstić information content (AvgIpc) is 3.36. The number of unbranched alkanes of at least 4 members (excludes halogenated alkanes) is 1. The second-order valence-electron chi connectivity index (χ2n) is 9.31. The number of H-pyrrole nitrogens is 1. The second-order valence-corrected chi connectivity index (χ2v) is 10.4. The highest BCUT2D eigenvalue weighted by atomic mass is 32.2. The number of nitrogens with zero attached hydrogens (tertiary/aromatic N) is 2. The molecule has 8 nitrogen and oxygen atoms in total. The highest BCUT2D eigenvalue weighted by Gasteiger charge is 2.19. The molecule has 0 saturated carbocycles. The molecular formula is C29H34N6O2S. The van der Waals surface area contributed by atoms with Crippen LogP contribution in [0.2, 0.25) is 0 Å². The molecular weight excluding hydrogens is 496 g/mol. The molecule has 0 radical (unpaired) electrons. The van der Waals surface area contributed by atoms with Crippen molar-refractivity contribution >= 4 is 46.0 Å². The molecule has 1 aromatic heterocycles. The maximum Gasteiger partial charge on any atom is 0.251 e. The van der Waals surface area contributed by atoms with E-state index < -0.39 is 0 Å². The molecule has 3 aromatic carbocycles. The Morgan fingerprint density at radius 3 is 2.45 bits per heavy atom. The third-order valence-corrected chi connectivity index (χ3v) is 7.19. The van der Waals surface area contributed by atoms with Gasteiger partial charge in [0.15, 0.2) is 0 Å². The van der Waals surface area contributed by atoms with Gasteiger partial charge in [-0.3, -0.25) is 9.59 Å². The van der Waals surface area contributed by atoms with Crippen LogP contribution < -0.4 is 21.3 Å². The Morgan fingerprint density at radius 2 is 1.74 bits per heavy atom. The number of anilines is 2. The van der Waals surface area contributed by atoms with Gasteiger partial charge in [-0.05, 0) is 79.9 Å². The molecule has 198 valence electrons. The van der Waals surface area contributed by atoms with E-state index >= 15 is 0 Å². The van der Waals surface area contributed by atoms with Crippen molar-refractivity contribution in [1.82, 2.24) is 20.6 Å². The standard InChI is InChI=1S/C29H34N6O2S/c1-35(2)22-14-10-20(11-15-22)29(37)34-26(28-32-24-7-3-4-8-25(24)33-28)9-5-6-18-31-27(36)19-38-23-16-12-21(30)13-17-23/h3-4,7-8,10-17,26H,5-6,9,18-19,30H2,1-2H3,(H,31,36)(H,32,33)(H,34,37). The number of hydrogen-bond acceptors (Lipinski definition) is 6. The third-order valence-electron chi connectivity index (χ3n) is 6.18. The topological polar surface area (TPSA) is 116 Å². The zero-order valence-corrected chi connectivity index (χ0v) is 22.6. The molecule has 4 rings (SSSR count). The fourth-order valence-corrected chi connectivity index (χ4v) is 4.76. The van der Waals surface area contributed by atoms with E-state index in [4.69, 9.17) is 10.7 Å². The minimum atomic E-state index is -0.278. The summed E-state index contributed by atoms with van der Waals surface area (Å²) < 4.78 is 0. The van der Waals surface area contributed by atoms with Crippen LogP contribution in [0.5, 0.6) is 0 Å². The van der Waals surface area contributed by atoms with Crippen LogP contribution in [-0.4, -0.2) is 48.2 Å². The number of carbonyl (C=O) groups is 2. The number of aromatic amines is 1. The lowest BCUT2D eigenvalue weighted by molar-refractivity contribution is -0.118. The lowest BCUT2D eigenvalue weighted by Crippen LogP contribution is -2.30. The van der Waals surface area contributed by atoms with Crippen molar-refractivity contribution in [2.24, 2.45) is 0 Å². The number of benzene rings is 3. The number of rotatable bonds is 12. The fraction of sp³-hybridized carbons (Fsp3) is 0.276. The van der Waals surface area contributed by atoms with E-state index in [1.807, 2.05) is 91.8 Å². The molecule has 1 atom stereocenters. The van der Waals surface area contributed by atoms with Crippen molar-refractivity contribution in [2.75, 3.05) is 37.0 Å². The van der Waals surface area contributed by atoms with Crippen LogP contribution in [0.25, 0.3) is 11.0 Å². The lowest BCUT2D eigenvalue weighted by atomic mass is 10.1. The number of imidazole rings is 1. The van der Waals surface area contributed by atoms with E-state index in [0.29, 0.717) is 30.0 Å². The van der Waals surface area contributed by atoms with Crippen molar-refractivity contribution in [3.05, 3.63) is 84.2 Å². The first-order chi connectivity index (χ1) is 18.4. The number of amides is 2. The number of nitrogen functional groups attached to an aromatic ring is 1. The molecule has 0 aliphatic heterocycles. The number of hydrogen-bond donors (Lipinski definition) is 4. The van der Waals surface area contributed by atoms with Crippen LogP contribution in [0.1, 0.15) is 41.5 Å². The van der Waals surface area contributed by atoms with E-state index in [1.54, 1.807) is 0 Å². The maximum atomic E-state index is 13.1. The molecule has 2 amide bonds. The largest absolute Gasteiger partial charge is 0.399 e. The smallest absolute Gasteiger partial charge is 0.251 e. The van der Waals surface area contributed by atoms with E-state index in [0.717, 1.165) is 40.3 Å². The van der Waals surface area contributed by atoms with Crippen molar-refractivity contribution in [3.8, 4) is 0 Å². The van der Waals surface area contributed by atoms with Gasteiger partial charge in [0.25, 0.3) is 5.91 Å². The molecule has 1 heterocycles. The molecule has 4 aromatic rings. The van der Waals surface area contributed by atoms with E-state index in [1.165, 1.54) is 11.8 Å². The molecule has 0 aliphatic rings. The predicted octanol–water partition coefficient (Wildman–Crippen LogP) is 4.76. The third kappa shape index (κ3) is 7.52. The van der Waals surface area contributed by atoms with Gasteiger partial charge >= 0.3 is 0 Å². The summed E-state index contributed by atoms with van der Waals surface area (Å²) in [5, 5.41) is 6.14. The van der Waals surface area contributed by atoms with Gasteiger partial charge < -0.3 is 26.3 Å². The van der Waals surface area contributed by atoms with E-state index in [2.05, 4.69) is 15.6 Å². The Kier molecular flexibility index (Phi) is 9.26. The monoisotopic (exact) mass is 530 g/mol. The number of thioether (sulfide) groups is 1. The average molecular weight is 531 g/mol. The van der Waals surface area contributed by atoms with Crippen molar-refractivity contribution in [1.29, 1.82) is 0 Å². The van der Waals surface area contributed by atoms with Crippen LogP contribution in [0, 0.1) is 0 Å². The minimum Gasteiger partial charge on any atom is -0.399 e. The maximum absolute atomic E-state index is 13.1. The minimum absolute atomic E-state index is 0.00451. The first kappa shape index (κ1) is 27.1. The number of aromatic nitrogens is 2. The van der Waals surface area contributed by atoms with Gasteiger partial charge in [-0.1, -0.05) is 12.1 Å². The van der Waals surface area contributed by atoms with Crippen LogP contribution in [0.3, 0.4) is 0 Å². The quantitative estimate of drug-likeness (QED) is 0.119. The zero-order chi connectivity index (χ0) is 26.9. The van der Waals surface area contributed by atoms with Gasteiger partial charge in [-0.15, -0.1) is 11.8 Å². The van der Waals surface area contributed by atoms with Gasteiger partial charge in [0.05, 0.1) is 22.8 Å². The molecule has 0 saturated heterocycles. The normalized spacial score (nSPS) is 11.7. The first-order valence-corrected chi connectivity index (χ1v) is 13.7. The summed E-state index contributed by atoms with van der Waals surface area (Å²) in [6, 6.07) is 22.6. The molecule has 5 N–H and O–H groups in total. The Balaban J connectivity index is 1.31. The van der Waals surface area contributed by atoms with Crippen LogP contribution in [-0.2, 0) is 4.79 Å². The van der Waals surface area contributed by atoms with Crippen LogP contribution in [0.15, 0.2) is 77.7 Å². The Bertz CT molecular complexity index is 1320. The summed E-state index contributed by atoms with van der Waals surface area (Å²) in [5.74, 6) is 0.936. The van der Waals surface area contributed by atoms with Gasteiger partial charge in [0.1, 0.15) is 5.82 Å². The Hall–Kier alpha value is -3.98. The first-order valence-electron chi connectivity index (χ1n) is 12.7. The van der Waals surface area contributed by atoms with Crippen molar-refractivity contribution in [2.45, 2.75) is 30.2 Å². The molecule has 1 unspecified atom stereocenters. The number of carbonyl (C=O) groups excluding carboxylic acids is 2. The van der Waals surface area contributed by atoms with Crippen molar-refractivity contribution < 1.29 is 9.59 Å². The number of nitrogens with one attached hydrogen (secondary N) is 3. The summed E-state index contributed by atoms with van der Waals surface area (Å²) in [6.45, 7) is 0.577. The molecule has 9 heteroatoms. The van der Waals surface area contributed by atoms with Gasteiger partial charge in [-0.2, -0.15) is 0 Å². The number of fused-ring (bicyclic) bond motifs is 1. The van der Waals surface area contributed by atoms with Gasteiger partial charge in [-0.25, -0.2) is 4.98 Å². The van der Waals surface area contributed by atoms with Crippen LogP contribution in [0.4, 0.5) is 11.4 Å². The molecule has 0 aliphatic carbocycles. The molecule has 0 bridgehead atoms. The highest BCUT2D eigenvalue weighted by Crippen LogP contribution is 2.22. The van der Waals surface area contributed by atoms with E-state index in [9.17, 15) is 9.59 Å².